The van der Waals surface area contributed by atoms with Crippen molar-refractivity contribution in [1.82, 2.24) is 5.43 Å². The Kier molecular flexibility index (Phi) is 6.54. The zero-order valence-electron chi connectivity index (χ0n) is 13.7. The number of halogens is 1. The topological polar surface area (TPSA) is 83.7 Å². The number of benzene rings is 2. The summed E-state index contributed by atoms with van der Waals surface area (Å²) in [6.45, 7) is 1.61. The van der Waals surface area contributed by atoms with Gasteiger partial charge in [-0.15, -0.1) is 0 Å². The molecule has 0 unspecified atom stereocenters. The van der Waals surface area contributed by atoms with Gasteiger partial charge in [0.05, 0.1) is 29.4 Å². The first-order chi connectivity index (χ1) is 12.0. The molecule has 2 aromatic rings. The maximum atomic E-state index is 10.8. The number of hydrogen-bond acceptors (Lipinski definition) is 5. The quantitative estimate of drug-likeness (QED) is 0.593. The molecule has 0 saturated heterocycles. The zero-order valence-corrected chi connectivity index (χ0v) is 15.3. The van der Waals surface area contributed by atoms with Gasteiger partial charge in [0.2, 0.25) is 5.91 Å². The fraction of sp³-hybridized carbons (Fsp3) is 0.167. The fourth-order valence-corrected chi connectivity index (χ4v) is 2.63. The van der Waals surface area contributed by atoms with E-state index < -0.39 is 0 Å². The molecule has 0 spiro atoms. The van der Waals surface area contributed by atoms with Crippen molar-refractivity contribution in [2.75, 3.05) is 7.11 Å². The van der Waals surface area contributed by atoms with Crippen LogP contribution in [0.5, 0.6) is 11.5 Å². The van der Waals surface area contributed by atoms with Crippen molar-refractivity contribution in [3.05, 3.63) is 57.6 Å². The van der Waals surface area contributed by atoms with Crippen LogP contribution in [0.2, 0.25) is 0 Å². The Morgan fingerprint density at radius 1 is 1.40 bits per heavy atom. The van der Waals surface area contributed by atoms with Crippen molar-refractivity contribution in [3.8, 4) is 17.6 Å². The smallest absolute Gasteiger partial charge is 0.236 e. The van der Waals surface area contributed by atoms with Crippen molar-refractivity contribution >= 4 is 28.1 Å². The van der Waals surface area contributed by atoms with Crippen LogP contribution in [0.3, 0.4) is 0 Å². The molecule has 0 atom stereocenters. The first kappa shape index (κ1) is 18.5. The van der Waals surface area contributed by atoms with Gasteiger partial charge in [0, 0.05) is 12.5 Å². The summed E-state index contributed by atoms with van der Waals surface area (Å²) >= 11 is 3.45. The maximum absolute atomic E-state index is 10.8. The van der Waals surface area contributed by atoms with Gasteiger partial charge in [-0.3, -0.25) is 4.79 Å². The van der Waals surface area contributed by atoms with Crippen LogP contribution < -0.4 is 14.9 Å². The Balaban J connectivity index is 2.22. The third kappa shape index (κ3) is 5.06. The molecule has 1 N–H and O–H groups in total. The molecule has 25 heavy (non-hydrogen) atoms. The summed E-state index contributed by atoms with van der Waals surface area (Å²) in [6.07, 6.45) is 1.50. The highest BCUT2D eigenvalue weighted by Crippen LogP contribution is 2.37. The molecule has 128 valence electrons. The molecular weight excluding hydrogens is 386 g/mol. The zero-order chi connectivity index (χ0) is 18.2. The van der Waals surface area contributed by atoms with Gasteiger partial charge in [0.1, 0.15) is 6.61 Å². The highest BCUT2D eigenvalue weighted by molar-refractivity contribution is 9.10. The van der Waals surface area contributed by atoms with Gasteiger partial charge in [0.25, 0.3) is 0 Å². The minimum absolute atomic E-state index is 0.234. The lowest BCUT2D eigenvalue weighted by molar-refractivity contribution is -0.118. The predicted octanol–water partition coefficient (Wildman–Crippen LogP) is 3.38. The van der Waals surface area contributed by atoms with E-state index in [-0.39, 0.29) is 12.5 Å². The van der Waals surface area contributed by atoms with E-state index in [4.69, 9.17) is 14.7 Å². The van der Waals surface area contributed by atoms with Crippen molar-refractivity contribution in [3.63, 3.8) is 0 Å². The van der Waals surface area contributed by atoms with Crippen LogP contribution in [0.4, 0.5) is 0 Å². The van der Waals surface area contributed by atoms with E-state index >= 15 is 0 Å². The fourth-order valence-electron chi connectivity index (χ4n) is 2.06. The van der Waals surface area contributed by atoms with Crippen LogP contribution in [0.25, 0.3) is 0 Å². The normalized spacial score (nSPS) is 10.3. The van der Waals surface area contributed by atoms with Crippen LogP contribution >= 0.6 is 15.9 Å². The number of carbonyl (C=O) groups excluding carboxylic acids is 1. The van der Waals surface area contributed by atoms with Crippen molar-refractivity contribution < 1.29 is 14.3 Å². The van der Waals surface area contributed by atoms with Gasteiger partial charge < -0.3 is 9.47 Å². The minimum atomic E-state index is -0.251. The van der Waals surface area contributed by atoms with Crippen LogP contribution in [-0.2, 0) is 11.4 Å². The lowest BCUT2D eigenvalue weighted by Crippen LogP contribution is -2.12. The number of methoxy groups -OCH3 is 1. The number of nitrogens with zero attached hydrogens (tertiary/aromatic N) is 2. The van der Waals surface area contributed by atoms with Crippen molar-refractivity contribution in [2.45, 2.75) is 13.5 Å². The Morgan fingerprint density at radius 2 is 2.16 bits per heavy atom. The van der Waals surface area contributed by atoms with Gasteiger partial charge in [-0.05, 0) is 39.7 Å². The summed E-state index contributed by atoms with van der Waals surface area (Å²) in [5.74, 6) is 0.776. The summed E-state index contributed by atoms with van der Waals surface area (Å²) in [6, 6.07) is 12.9. The molecular formula is C18H16BrN3O3. The number of hydrogen-bond donors (Lipinski definition) is 1. The van der Waals surface area contributed by atoms with Gasteiger partial charge in [-0.2, -0.15) is 10.4 Å². The first-order valence-electron chi connectivity index (χ1n) is 7.33. The van der Waals surface area contributed by atoms with E-state index in [0.717, 1.165) is 11.1 Å². The predicted molar refractivity (Wildman–Crippen MR) is 97.6 cm³/mol. The molecule has 7 heteroatoms. The van der Waals surface area contributed by atoms with E-state index in [1.54, 1.807) is 18.2 Å². The number of hydrazone groups is 1. The minimum Gasteiger partial charge on any atom is -0.493 e. The maximum Gasteiger partial charge on any atom is 0.236 e. The van der Waals surface area contributed by atoms with E-state index in [1.807, 2.05) is 18.2 Å². The van der Waals surface area contributed by atoms with Crippen LogP contribution in [-0.4, -0.2) is 19.2 Å². The Bertz CT molecular complexity index is 844. The van der Waals surface area contributed by atoms with E-state index in [9.17, 15) is 4.79 Å². The Morgan fingerprint density at radius 3 is 2.84 bits per heavy atom. The van der Waals surface area contributed by atoms with Gasteiger partial charge in [-0.25, -0.2) is 5.43 Å². The molecule has 0 heterocycles. The highest BCUT2D eigenvalue weighted by atomic mass is 79.9. The van der Waals surface area contributed by atoms with Gasteiger partial charge >= 0.3 is 0 Å². The number of nitriles is 1. The average molecular weight is 402 g/mol. The van der Waals surface area contributed by atoms with E-state index in [1.165, 1.54) is 20.2 Å². The second-order valence-corrected chi connectivity index (χ2v) is 5.87. The van der Waals surface area contributed by atoms with Crippen molar-refractivity contribution in [2.24, 2.45) is 5.10 Å². The summed E-state index contributed by atoms with van der Waals surface area (Å²) < 4.78 is 11.9. The molecule has 0 fully saturated rings. The third-order valence-electron chi connectivity index (χ3n) is 3.20. The highest BCUT2D eigenvalue weighted by Gasteiger charge is 2.12. The van der Waals surface area contributed by atoms with E-state index in [2.05, 4.69) is 32.5 Å². The lowest BCUT2D eigenvalue weighted by Gasteiger charge is -2.14. The lowest BCUT2D eigenvalue weighted by atomic mass is 10.1. The second kappa shape index (κ2) is 8.85. The van der Waals surface area contributed by atoms with Gasteiger partial charge in [-0.1, -0.05) is 18.2 Å². The number of rotatable bonds is 6. The SMILES string of the molecule is COc1cc(/C=N\NC(C)=O)cc(Br)c1OCc1ccccc1C#N. The summed E-state index contributed by atoms with van der Waals surface area (Å²) in [7, 11) is 1.53. The molecule has 0 aliphatic rings. The average Bonchev–Trinajstić information content (AvgIpc) is 2.60. The van der Waals surface area contributed by atoms with E-state index in [0.29, 0.717) is 21.5 Å². The molecule has 0 aliphatic heterocycles. The Hall–Kier alpha value is -2.85. The summed E-state index contributed by atoms with van der Waals surface area (Å²) in [4.78, 5) is 10.8. The molecule has 2 aromatic carbocycles. The molecule has 0 radical (unpaired) electrons. The molecule has 6 nitrogen and oxygen atoms in total. The Labute approximate surface area is 154 Å². The van der Waals surface area contributed by atoms with Crippen LogP contribution in [0.15, 0.2) is 46.0 Å². The van der Waals surface area contributed by atoms with Gasteiger partial charge in [0.15, 0.2) is 11.5 Å². The monoisotopic (exact) mass is 401 g/mol. The second-order valence-electron chi connectivity index (χ2n) is 5.02. The summed E-state index contributed by atoms with van der Waals surface area (Å²) in [5, 5.41) is 13.0. The molecule has 0 bridgehead atoms. The number of carbonyl (C=O) groups is 1. The number of ether oxygens (including phenoxy) is 2. The molecule has 0 saturated carbocycles. The molecule has 0 aromatic heterocycles. The molecule has 1 amide bonds. The van der Waals surface area contributed by atoms with Crippen molar-refractivity contribution in [1.29, 1.82) is 5.26 Å². The molecule has 0 aliphatic carbocycles. The third-order valence-corrected chi connectivity index (χ3v) is 3.79. The standard InChI is InChI=1S/C18H16BrN3O3/c1-12(23)22-21-10-13-7-16(19)18(17(8-13)24-2)25-11-15-6-4-3-5-14(15)9-20/h3-8,10H,11H2,1-2H3,(H,22,23)/b21-10-. The van der Waals surface area contributed by atoms with Crippen LogP contribution in [0, 0.1) is 11.3 Å². The number of amides is 1. The number of nitrogens with one attached hydrogen (secondary N) is 1. The largest absolute Gasteiger partial charge is 0.493 e. The molecule has 2 rings (SSSR count). The first-order valence-corrected chi connectivity index (χ1v) is 8.12. The summed E-state index contributed by atoms with van der Waals surface area (Å²) in [5.41, 5.74) is 4.42. The van der Waals surface area contributed by atoms with Crippen LogP contribution in [0.1, 0.15) is 23.6 Å².